The van der Waals surface area contributed by atoms with E-state index in [-0.39, 0.29) is 0 Å². The molecular weight excluding hydrogens is 242 g/mol. The van der Waals surface area contributed by atoms with Crippen LogP contribution in [0.15, 0.2) is 12.4 Å². The van der Waals surface area contributed by atoms with Gasteiger partial charge in [-0.2, -0.15) is 0 Å². The van der Waals surface area contributed by atoms with E-state index >= 15 is 0 Å². The third kappa shape index (κ3) is 1.56. The van der Waals surface area contributed by atoms with Crippen LogP contribution < -0.4 is 4.90 Å². The monoisotopic (exact) mass is 257 g/mol. The summed E-state index contributed by atoms with van der Waals surface area (Å²) in [6, 6.07) is 0.594. The summed E-state index contributed by atoms with van der Waals surface area (Å²) in [5, 5.41) is 1.03. The van der Waals surface area contributed by atoms with Gasteiger partial charge in [-0.3, -0.25) is 0 Å². The van der Waals surface area contributed by atoms with Crippen LogP contribution in [0.1, 0.15) is 13.3 Å². The van der Waals surface area contributed by atoms with Gasteiger partial charge in [0.15, 0.2) is 0 Å². The number of aromatic nitrogens is 2. The highest BCUT2D eigenvalue weighted by Gasteiger charge is 2.32. The number of halogens is 1. The molecule has 0 amide bonds. The minimum Gasteiger partial charge on any atom is -0.338 e. The first-order valence-corrected chi connectivity index (χ1v) is 6.16. The molecule has 0 aliphatic carbocycles. The zero-order valence-electron chi connectivity index (χ0n) is 8.65. The maximum Gasteiger partial charge on any atom is 0.205 e. The molecular formula is C10H16BrN3. The number of imidazole rings is 1. The summed E-state index contributed by atoms with van der Waals surface area (Å²) in [5.74, 6) is 1.85. The Kier molecular flexibility index (Phi) is 2.81. The molecule has 2 atom stereocenters. The number of alkyl halides is 1. The molecule has 1 aromatic heterocycles. The van der Waals surface area contributed by atoms with E-state index in [4.69, 9.17) is 0 Å². The summed E-state index contributed by atoms with van der Waals surface area (Å²) in [6.45, 7) is 3.44. The summed E-state index contributed by atoms with van der Waals surface area (Å²) in [6.07, 6.45) is 5.14. The number of hydrogen-bond acceptors (Lipinski definition) is 2. The lowest BCUT2D eigenvalue weighted by Crippen LogP contribution is -2.35. The fraction of sp³-hybridized carbons (Fsp3) is 0.700. The van der Waals surface area contributed by atoms with Crippen LogP contribution in [0.3, 0.4) is 0 Å². The quantitative estimate of drug-likeness (QED) is 0.757. The molecule has 78 valence electrons. The van der Waals surface area contributed by atoms with Crippen LogP contribution in [-0.4, -0.2) is 27.5 Å². The van der Waals surface area contributed by atoms with E-state index in [2.05, 4.69) is 44.4 Å². The van der Waals surface area contributed by atoms with Gasteiger partial charge in [0.2, 0.25) is 5.95 Å². The van der Waals surface area contributed by atoms with Crippen LogP contribution in [0.5, 0.6) is 0 Å². The van der Waals surface area contributed by atoms with Crippen LogP contribution in [-0.2, 0) is 7.05 Å². The number of hydrogen-bond donors (Lipinski definition) is 0. The number of anilines is 1. The van der Waals surface area contributed by atoms with Crippen molar-refractivity contribution in [3.8, 4) is 0 Å². The number of rotatable bonds is 2. The SMILES string of the molecule is CC1CCN(c2nccn2C)C1CBr. The smallest absolute Gasteiger partial charge is 0.205 e. The molecule has 3 nitrogen and oxygen atoms in total. The fourth-order valence-corrected chi connectivity index (χ4v) is 3.11. The van der Waals surface area contributed by atoms with Gasteiger partial charge in [-0.25, -0.2) is 4.98 Å². The molecule has 0 saturated carbocycles. The summed E-state index contributed by atoms with van der Waals surface area (Å²) in [5.41, 5.74) is 0. The molecule has 0 aromatic carbocycles. The average Bonchev–Trinajstić information content (AvgIpc) is 2.71. The Hall–Kier alpha value is -0.510. The van der Waals surface area contributed by atoms with Gasteiger partial charge in [0.05, 0.1) is 0 Å². The Morgan fingerprint density at radius 2 is 2.43 bits per heavy atom. The minimum atomic E-state index is 0.594. The molecule has 0 bridgehead atoms. The van der Waals surface area contributed by atoms with Crippen molar-refractivity contribution in [2.24, 2.45) is 13.0 Å². The van der Waals surface area contributed by atoms with Crippen LogP contribution in [0.25, 0.3) is 0 Å². The Bertz CT molecular complexity index is 310. The second-order valence-electron chi connectivity index (χ2n) is 4.02. The predicted molar refractivity (Wildman–Crippen MR) is 61.9 cm³/mol. The lowest BCUT2D eigenvalue weighted by atomic mass is 10.1. The molecule has 4 heteroatoms. The Balaban J connectivity index is 2.23. The zero-order valence-corrected chi connectivity index (χ0v) is 10.2. The van der Waals surface area contributed by atoms with Crippen molar-refractivity contribution >= 4 is 21.9 Å². The van der Waals surface area contributed by atoms with E-state index in [9.17, 15) is 0 Å². The van der Waals surface area contributed by atoms with Crippen LogP contribution in [0.4, 0.5) is 5.95 Å². The molecule has 2 rings (SSSR count). The minimum absolute atomic E-state index is 0.594. The molecule has 2 heterocycles. The van der Waals surface area contributed by atoms with Gasteiger partial charge in [0.1, 0.15) is 0 Å². The maximum atomic E-state index is 4.40. The molecule has 1 aliphatic rings. The van der Waals surface area contributed by atoms with Crippen LogP contribution in [0, 0.1) is 5.92 Å². The molecule has 2 unspecified atom stereocenters. The fourth-order valence-electron chi connectivity index (χ4n) is 2.13. The van der Waals surface area contributed by atoms with Crippen molar-refractivity contribution in [1.29, 1.82) is 0 Å². The molecule has 1 aliphatic heterocycles. The molecule has 0 radical (unpaired) electrons. The van der Waals surface area contributed by atoms with Crippen molar-refractivity contribution < 1.29 is 0 Å². The third-order valence-electron chi connectivity index (χ3n) is 3.09. The van der Waals surface area contributed by atoms with E-state index < -0.39 is 0 Å². The van der Waals surface area contributed by atoms with Gasteiger partial charge in [0, 0.05) is 37.4 Å². The molecule has 1 saturated heterocycles. The highest BCUT2D eigenvalue weighted by molar-refractivity contribution is 9.09. The Labute approximate surface area is 93.2 Å². The van der Waals surface area contributed by atoms with E-state index in [1.54, 1.807) is 0 Å². The van der Waals surface area contributed by atoms with E-state index in [0.29, 0.717) is 6.04 Å². The number of aryl methyl sites for hydroxylation is 1. The zero-order chi connectivity index (χ0) is 10.1. The summed E-state index contributed by atoms with van der Waals surface area (Å²) in [7, 11) is 2.05. The Morgan fingerprint density at radius 1 is 1.64 bits per heavy atom. The number of nitrogens with zero attached hydrogens (tertiary/aromatic N) is 3. The van der Waals surface area contributed by atoms with Crippen LogP contribution >= 0.6 is 15.9 Å². The lowest BCUT2D eigenvalue weighted by molar-refractivity contribution is 0.549. The van der Waals surface area contributed by atoms with E-state index in [0.717, 1.165) is 23.7 Å². The normalized spacial score (nSPS) is 27.2. The van der Waals surface area contributed by atoms with Crippen molar-refractivity contribution in [2.45, 2.75) is 19.4 Å². The van der Waals surface area contributed by atoms with Crippen molar-refractivity contribution in [3.05, 3.63) is 12.4 Å². The van der Waals surface area contributed by atoms with Gasteiger partial charge in [-0.1, -0.05) is 22.9 Å². The molecule has 1 aromatic rings. The van der Waals surface area contributed by atoms with Crippen molar-refractivity contribution in [1.82, 2.24) is 9.55 Å². The molecule has 1 fully saturated rings. The molecule has 14 heavy (non-hydrogen) atoms. The third-order valence-corrected chi connectivity index (χ3v) is 3.76. The summed E-state index contributed by atoms with van der Waals surface area (Å²) >= 11 is 3.59. The van der Waals surface area contributed by atoms with Gasteiger partial charge < -0.3 is 9.47 Å². The van der Waals surface area contributed by atoms with Crippen LogP contribution in [0.2, 0.25) is 0 Å². The van der Waals surface area contributed by atoms with Crippen molar-refractivity contribution in [3.63, 3.8) is 0 Å². The van der Waals surface area contributed by atoms with Gasteiger partial charge in [-0.05, 0) is 12.3 Å². The molecule has 0 spiro atoms. The second-order valence-corrected chi connectivity index (χ2v) is 4.67. The molecule has 0 N–H and O–H groups in total. The highest BCUT2D eigenvalue weighted by atomic mass is 79.9. The first kappa shape index (κ1) is 10.0. The standard InChI is InChI=1S/C10H16BrN3/c1-8-3-5-14(9(8)7-11)10-12-4-6-13(10)2/h4,6,8-9H,3,5,7H2,1-2H3. The summed E-state index contributed by atoms with van der Waals surface area (Å²) in [4.78, 5) is 6.80. The predicted octanol–water partition coefficient (Wildman–Crippen LogP) is 2.03. The van der Waals surface area contributed by atoms with Gasteiger partial charge in [-0.15, -0.1) is 0 Å². The van der Waals surface area contributed by atoms with E-state index in [1.807, 2.05) is 12.4 Å². The topological polar surface area (TPSA) is 21.1 Å². The highest BCUT2D eigenvalue weighted by Crippen LogP contribution is 2.29. The van der Waals surface area contributed by atoms with E-state index in [1.165, 1.54) is 6.42 Å². The average molecular weight is 258 g/mol. The summed E-state index contributed by atoms with van der Waals surface area (Å²) < 4.78 is 2.09. The van der Waals surface area contributed by atoms with Crippen molar-refractivity contribution in [2.75, 3.05) is 16.8 Å². The first-order chi connectivity index (χ1) is 6.74. The van der Waals surface area contributed by atoms with Gasteiger partial charge >= 0.3 is 0 Å². The Morgan fingerprint density at radius 3 is 3.00 bits per heavy atom. The lowest BCUT2D eigenvalue weighted by Gasteiger charge is -2.26. The van der Waals surface area contributed by atoms with Gasteiger partial charge in [0.25, 0.3) is 0 Å². The first-order valence-electron chi connectivity index (χ1n) is 5.04. The second kappa shape index (κ2) is 3.93. The largest absolute Gasteiger partial charge is 0.338 e. The maximum absolute atomic E-state index is 4.40.